The van der Waals surface area contributed by atoms with Crippen LogP contribution in [0.5, 0.6) is 5.75 Å². The molecule has 6 nitrogen and oxygen atoms in total. The highest BCUT2D eigenvalue weighted by Gasteiger charge is 2.46. The number of carbonyl (C=O) groups is 1. The fourth-order valence-electron chi connectivity index (χ4n) is 1.90. The number of fused-ring (bicyclic) bond motifs is 1. The monoisotopic (exact) mass is 332 g/mol. The van der Waals surface area contributed by atoms with Crippen LogP contribution in [0.1, 0.15) is 11.1 Å². The summed E-state index contributed by atoms with van der Waals surface area (Å²) in [5, 5.41) is 14.2. The number of carboxylic acids is 1. The molecule has 10 heteroatoms. The van der Waals surface area contributed by atoms with Crippen molar-refractivity contribution in [2.24, 2.45) is 5.11 Å². The van der Waals surface area contributed by atoms with Crippen molar-refractivity contribution in [3.63, 3.8) is 0 Å². The van der Waals surface area contributed by atoms with E-state index in [1.54, 1.807) is 0 Å². The number of azide groups is 1. The molecule has 0 fully saturated rings. The van der Waals surface area contributed by atoms with E-state index in [0.29, 0.717) is 0 Å². The van der Waals surface area contributed by atoms with E-state index in [2.05, 4.69) is 10.0 Å². The van der Waals surface area contributed by atoms with Crippen molar-refractivity contribution < 1.29 is 27.8 Å². The first-order valence-corrected chi connectivity index (χ1v) is 6.11. The molecule has 1 aliphatic heterocycles. The van der Waals surface area contributed by atoms with Crippen LogP contribution in [0.4, 0.5) is 13.2 Å². The van der Waals surface area contributed by atoms with E-state index in [1.807, 2.05) is 0 Å². The highest BCUT2D eigenvalue weighted by Crippen LogP contribution is 2.39. The van der Waals surface area contributed by atoms with Crippen LogP contribution in [0.25, 0.3) is 16.5 Å². The van der Waals surface area contributed by atoms with Crippen molar-refractivity contribution in [3.8, 4) is 5.75 Å². The third-order valence-corrected chi connectivity index (χ3v) is 3.21. The second-order valence-electron chi connectivity index (χ2n) is 4.30. The molecule has 1 aliphatic rings. The third-order valence-electron chi connectivity index (χ3n) is 2.85. The lowest BCUT2D eigenvalue weighted by Gasteiger charge is -2.29. The maximum atomic E-state index is 12.9. The van der Waals surface area contributed by atoms with Gasteiger partial charge in [-0.3, -0.25) is 0 Å². The average Bonchev–Trinajstić information content (AvgIpc) is 2.42. The molecule has 0 spiro atoms. The van der Waals surface area contributed by atoms with Gasteiger partial charge in [0.15, 0.2) is 0 Å². The van der Waals surface area contributed by atoms with Crippen LogP contribution in [0.3, 0.4) is 0 Å². The van der Waals surface area contributed by atoms with E-state index in [0.717, 1.165) is 6.08 Å². The summed E-state index contributed by atoms with van der Waals surface area (Å²) in [5.74, 6) is -2.19. The summed E-state index contributed by atoms with van der Waals surface area (Å²) in [6.07, 6.45) is -6.76. The van der Waals surface area contributed by atoms with Crippen LogP contribution in [-0.2, 0) is 11.3 Å². The number of hydrogen-bond acceptors (Lipinski definition) is 4. The van der Waals surface area contributed by atoms with E-state index in [1.165, 1.54) is 12.1 Å². The Morgan fingerprint density at radius 1 is 1.50 bits per heavy atom. The summed E-state index contributed by atoms with van der Waals surface area (Å²) in [5.41, 5.74) is 7.53. The molecular weight excluding hydrogens is 327 g/mol. The summed E-state index contributed by atoms with van der Waals surface area (Å²) < 4.78 is 43.4. The summed E-state index contributed by atoms with van der Waals surface area (Å²) in [4.78, 5) is 13.4. The molecule has 0 bridgehead atoms. The highest BCUT2D eigenvalue weighted by atomic mass is 35.5. The Balaban J connectivity index is 2.53. The Morgan fingerprint density at radius 3 is 2.73 bits per heavy atom. The van der Waals surface area contributed by atoms with Crippen molar-refractivity contribution in [3.05, 3.63) is 44.3 Å². The van der Waals surface area contributed by atoms with Gasteiger partial charge in [-0.2, -0.15) is 13.2 Å². The van der Waals surface area contributed by atoms with Gasteiger partial charge in [0.1, 0.15) is 5.75 Å². The molecule has 0 saturated carbocycles. The van der Waals surface area contributed by atoms with E-state index in [4.69, 9.17) is 21.9 Å². The molecule has 0 aliphatic carbocycles. The van der Waals surface area contributed by atoms with Gasteiger partial charge in [0.2, 0.25) is 6.10 Å². The third kappa shape index (κ3) is 3.10. The van der Waals surface area contributed by atoms with Gasteiger partial charge in [-0.1, -0.05) is 16.7 Å². The minimum Gasteiger partial charge on any atom is -0.545 e. The number of nitrogens with zero attached hydrogens (tertiary/aromatic N) is 3. The first-order chi connectivity index (χ1) is 10.2. The van der Waals surface area contributed by atoms with Crippen LogP contribution >= 0.6 is 11.6 Å². The number of rotatable bonds is 3. The Morgan fingerprint density at radius 2 is 2.18 bits per heavy atom. The number of carboxylic acid groups (broad SMARTS) is 1. The predicted octanol–water partition coefficient (Wildman–Crippen LogP) is 2.61. The lowest BCUT2D eigenvalue weighted by molar-refractivity contribution is -0.302. The Labute approximate surface area is 126 Å². The minimum atomic E-state index is -4.92. The van der Waals surface area contributed by atoms with Crippen molar-refractivity contribution in [2.75, 3.05) is 0 Å². The highest BCUT2D eigenvalue weighted by molar-refractivity contribution is 6.31. The van der Waals surface area contributed by atoms with Crippen LogP contribution in [-0.4, -0.2) is 18.2 Å². The maximum absolute atomic E-state index is 12.9. The number of carbonyl (C=O) groups excluding carboxylic acids is 1. The zero-order chi connectivity index (χ0) is 16.5. The maximum Gasteiger partial charge on any atom is 0.429 e. The smallest absolute Gasteiger partial charge is 0.429 e. The molecule has 0 radical (unpaired) electrons. The van der Waals surface area contributed by atoms with Gasteiger partial charge in [0, 0.05) is 21.1 Å². The average molecular weight is 333 g/mol. The van der Waals surface area contributed by atoms with Crippen molar-refractivity contribution in [1.82, 2.24) is 0 Å². The van der Waals surface area contributed by atoms with Gasteiger partial charge in [0.25, 0.3) is 0 Å². The fourth-order valence-corrected chi connectivity index (χ4v) is 2.13. The number of benzene rings is 1. The quantitative estimate of drug-likeness (QED) is 0.483. The second-order valence-corrected chi connectivity index (χ2v) is 4.70. The molecule has 22 heavy (non-hydrogen) atoms. The summed E-state index contributed by atoms with van der Waals surface area (Å²) in [6, 6.07) is 2.41. The number of halogens is 4. The minimum absolute atomic E-state index is 0.0642. The van der Waals surface area contributed by atoms with Gasteiger partial charge in [-0.15, -0.1) is 0 Å². The van der Waals surface area contributed by atoms with E-state index in [-0.39, 0.29) is 28.4 Å². The van der Waals surface area contributed by atoms with Crippen LogP contribution < -0.4 is 9.84 Å². The van der Waals surface area contributed by atoms with E-state index < -0.39 is 23.8 Å². The normalized spacial score (nSPS) is 16.9. The van der Waals surface area contributed by atoms with Crippen LogP contribution in [0.15, 0.2) is 22.8 Å². The first kappa shape index (κ1) is 16.0. The molecule has 2 rings (SSSR count). The van der Waals surface area contributed by atoms with Gasteiger partial charge in [-0.05, 0) is 29.3 Å². The van der Waals surface area contributed by atoms with Crippen molar-refractivity contribution in [2.45, 2.75) is 18.8 Å². The molecule has 1 heterocycles. The topological polar surface area (TPSA) is 98.1 Å². The Hall–Kier alpha value is -2.38. The summed E-state index contributed by atoms with van der Waals surface area (Å²) >= 11 is 5.90. The molecule has 0 saturated heterocycles. The van der Waals surface area contributed by atoms with E-state index in [9.17, 15) is 23.1 Å². The largest absolute Gasteiger partial charge is 0.545 e. The lowest BCUT2D eigenvalue weighted by atomic mass is 10.00. The standard InChI is InChI=1S/C12H7ClF3N3O3/c13-8-2-5-1-7(11(20)21)10(12(14,15)16)22-9(5)3-6(8)4-18-19-17/h1-3,10H,4H2,(H,20,21)/p-1. The molecule has 1 aromatic carbocycles. The van der Waals surface area contributed by atoms with E-state index >= 15 is 0 Å². The van der Waals surface area contributed by atoms with Crippen molar-refractivity contribution in [1.29, 1.82) is 0 Å². The van der Waals surface area contributed by atoms with Gasteiger partial charge < -0.3 is 14.6 Å². The molecule has 0 aromatic heterocycles. The Bertz CT molecular complexity index is 712. The number of alkyl halides is 3. The van der Waals surface area contributed by atoms with Crippen molar-refractivity contribution >= 4 is 23.6 Å². The SMILES string of the molecule is [N-]=[N+]=NCc1cc2c(cc1Cl)C=C(C(=O)[O-])C(C(F)(F)F)O2. The summed E-state index contributed by atoms with van der Waals surface area (Å²) in [7, 11) is 0. The molecule has 1 atom stereocenters. The van der Waals surface area contributed by atoms with Gasteiger partial charge >= 0.3 is 6.18 Å². The molecule has 0 N–H and O–H groups in total. The fraction of sp³-hybridized carbons (Fsp3) is 0.250. The molecule has 1 unspecified atom stereocenters. The second kappa shape index (κ2) is 5.78. The predicted molar refractivity (Wildman–Crippen MR) is 67.8 cm³/mol. The van der Waals surface area contributed by atoms with Crippen LogP contribution in [0, 0.1) is 0 Å². The zero-order valence-corrected chi connectivity index (χ0v) is 11.4. The number of hydrogen-bond donors (Lipinski definition) is 0. The molecule has 1 aromatic rings. The Kier molecular flexibility index (Phi) is 4.20. The van der Waals surface area contributed by atoms with Crippen LogP contribution in [0.2, 0.25) is 5.02 Å². The molecular formula is C12H6ClF3N3O3-. The van der Waals surface area contributed by atoms with Gasteiger partial charge in [0.05, 0.1) is 12.5 Å². The molecule has 0 amide bonds. The molecule has 116 valence electrons. The lowest BCUT2D eigenvalue weighted by Crippen LogP contribution is -2.44. The number of ether oxygens (including phenoxy) is 1. The first-order valence-electron chi connectivity index (χ1n) is 5.73. The summed E-state index contributed by atoms with van der Waals surface area (Å²) in [6.45, 7) is -0.181. The zero-order valence-electron chi connectivity index (χ0n) is 10.6. The van der Waals surface area contributed by atoms with Gasteiger partial charge in [-0.25, -0.2) is 0 Å². The number of aliphatic carboxylic acids is 1.